The number of carbonyl (C=O) groups excluding carboxylic acids is 2. The molecule has 0 aromatic carbocycles. The van der Waals surface area contributed by atoms with Gasteiger partial charge in [-0.3, -0.25) is 14.6 Å². The van der Waals surface area contributed by atoms with Gasteiger partial charge in [0.1, 0.15) is 11.8 Å². The van der Waals surface area contributed by atoms with Crippen LogP contribution >= 0.6 is 0 Å². The van der Waals surface area contributed by atoms with E-state index in [4.69, 9.17) is 10.5 Å². The van der Waals surface area contributed by atoms with E-state index in [9.17, 15) is 9.59 Å². The number of anilines is 1. The van der Waals surface area contributed by atoms with Crippen LogP contribution in [0.25, 0.3) is 0 Å². The van der Waals surface area contributed by atoms with Crippen molar-refractivity contribution < 1.29 is 14.3 Å². The Morgan fingerprint density at radius 1 is 1.47 bits per heavy atom. The summed E-state index contributed by atoms with van der Waals surface area (Å²) >= 11 is 0. The second-order valence-electron chi connectivity index (χ2n) is 4.67. The number of hydrogen-bond acceptors (Lipinski definition) is 4. The first-order valence-electron chi connectivity index (χ1n) is 6.18. The summed E-state index contributed by atoms with van der Waals surface area (Å²) in [5.74, 6) is -0.737. The molecule has 2 amide bonds. The van der Waals surface area contributed by atoms with Crippen LogP contribution in [0.2, 0.25) is 0 Å². The first-order valence-corrected chi connectivity index (χ1v) is 6.18. The molecule has 1 fully saturated rings. The number of pyridine rings is 1. The zero-order valence-electron chi connectivity index (χ0n) is 11.0. The molecule has 1 aromatic heterocycles. The molecular formula is C13H17N3O3. The van der Waals surface area contributed by atoms with Gasteiger partial charge in [-0.05, 0) is 31.9 Å². The monoisotopic (exact) mass is 263 g/mol. The molecule has 0 radical (unpaired) electrons. The van der Waals surface area contributed by atoms with E-state index in [1.807, 2.05) is 6.92 Å². The van der Waals surface area contributed by atoms with E-state index in [2.05, 4.69) is 4.98 Å². The largest absolute Gasteiger partial charge is 0.365 e. The molecule has 1 aliphatic heterocycles. The van der Waals surface area contributed by atoms with Gasteiger partial charge >= 0.3 is 0 Å². The number of ether oxygens (including phenoxy) is 1. The lowest BCUT2D eigenvalue weighted by atomic mass is 10.2. The Kier molecular flexibility index (Phi) is 3.80. The van der Waals surface area contributed by atoms with Crippen LogP contribution in [0.15, 0.2) is 18.3 Å². The molecule has 2 atom stereocenters. The molecule has 1 aliphatic rings. The summed E-state index contributed by atoms with van der Waals surface area (Å²) in [6.45, 7) is 1.95. The Morgan fingerprint density at radius 2 is 2.21 bits per heavy atom. The maximum absolute atomic E-state index is 12.2. The van der Waals surface area contributed by atoms with Gasteiger partial charge < -0.3 is 15.4 Å². The minimum atomic E-state index is -0.617. The van der Waals surface area contributed by atoms with Crippen molar-refractivity contribution in [3.8, 4) is 0 Å². The molecule has 1 aromatic rings. The standard InChI is InChI=1S/C13H17N3O3/c1-8-3-4-11(19-8)13(18)16(2)9-5-6-15-10(7-9)12(14)17/h5-8,11H,3-4H2,1-2H3,(H2,14,17). The zero-order chi connectivity index (χ0) is 14.0. The van der Waals surface area contributed by atoms with Crippen LogP contribution in [0.1, 0.15) is 30.3 Å². The molecule has 0 saturated carbocycles. The summed E-state index contributed by atoms with van der Waals surface area (Å²) in [6, 6.07) is 3.15. The van der Waals surface area contributed by atoms with Gasteiger partial charge in [0, 0.05) is 18.9 Å². The van der Waals surface area contributed by atoms with Crippen LogP contribution in [0.5, 0.6) is 0 Å². The SMILES string of the molecule is CC1CCC(C(=O)N(C)c2ccnc(C(N)=O)c2)O1. The summed E-state index contributed by atoms with van der Waals surface area (Å²) < 4.78 is 5.54. The van der Waals surface area contributed by atoms with Crippen LogP contribution in [-0.4, -0.2) is 36.1 Å². The number of aromatic nitrogens is 1. The van der Waals surface area contributed by atoms with Crippen molar-refractivity contribution in [2.24, 2.45) is 5.73 Å². The number of nitrogens with zero attached hydrogens (tertiary/aromatic N) is 2. The molecular weight excluding hydrogens is 246 g/mol. The Labute approximate surface area is 111 Å². The summed E-state index contributed by atoms with van der Waals surface area (Å²) in [7, 11) is 1.65. The number of amides is 2. The van der Waals surface area contributed by atoms with E-state index in [1.165, 1.54) is 17.2 Å². The second-order valence-corrected chi connectivity index (χ2v) is 4.67. The van der Waals surface area contributed by atoms with Crippen LogP contribution in [0.4, 0.5) is 5.69 Å². The van der Waals surface area contributed by atoms with Gasteiger partial charge in [-0.25, -0.2) is 0 Å². The fourth-order valence-corrected chi connectivity index (χ4v) is 2.09. The molecule has 19 heavy (non-hydrogen) atoms. The third kappa shape index (κ3) is 2.90. The van der Waals surface area contributed by atoms with Crippen LogP contribution in [-0.2, 0) is 9.53 Å². The highest BCUT2D eigenvalue weighted by Gasteiger charge is 2.30. The highest BCUT2D eigenvalue weighted by molar-refractivity contribution is 5.98. The van der Waals surface area contributed by atoms with Gasteiger partial charge in [-0.2, -0.15) is 0 Å². The lowest BCUT2D eigenvalue weighted by molar-refractivity contribution is -0.128. The topological polar surface area (TPSA) is 85.5 Å². The van der Waals surface area contributed by atoms with Crippen LogP contribution in [0.3, 0.4) is 0 Å². The van der Waals surface area contributed by atoms with Crippen molar-refractivity contribution in [1.29, 1.82) is 0 Å². The number of rotatable bonds is 3. The van der Waals surface area contributed by atoms with Crippen molar-refractivity contribution in [3.05, 3.63) is 24.0 Å². The van der Waals surface area contributed by atoms with Gasteiger partial charge in [0.15, 0.2) is 0 Å². The third-order valence-electron chi connectivity index (χ3n) is 3.22. The second kappa shape index (κ2) is 5.36. The van der Waals surface area contributed by atoms with E-state index >= 15 is 0 Å². The first-order chi connectivity index (χ1) is 8.99. The lowest BCUT2D eigenvalue weighted by Crippen LogP contribution is -2.36. The predicted molar refractivity (Wildman–Crippen MR) is 69.7 cm³/mol. The number of primary amides is 1. The summed E-state index contributed by atoms with van der Waals surface area (Å²) in [6.07, 6.45) is 2.76. The van der Waals surface area contributed by atoms with E-state index in [1.54, 1.807) is 13.1 Å². The van der Waals surface area contributed by atoms with Gasteiger partial charge in [-0.15, -0.1) is 0 Å². The highest BCUT2D eigenvalue weighted by atomic mass is 16.5. The van der Waals surface area contributed by atoms with Gasteiger partial charge in [0.05, 0.1) is 6.10 Å². The number of carbonyl (C=O) groups is 2. The van der Waals surface area contributed by atoms with Crippen molar-refractivity contribution in [2.45, 2.75) is 32.0 Å². The maximum Gasteiger partial charge on any atom is 0.267 e. The molecule has 102 valence electrons. The number of hydrogen-bond donors (Lipinski definition) is 1. The zero-order valence-corrected chi connectivity index (χ0v) is 11.0. The predicted octanol–water partition coefficient (Wildman–Crippen LogP) is 0.711. The van der Waals surface area contributed by atoms with E-state index in [-0.39, 0.29) is 17.7 Å². The minimum absolute atomic E-state index is 0.112. The average molecular weight is 263 g/mol. The Morgan fingerprint density at radius 3 is 2.79 bits per heavy atom. The normalized spacial score (nSPS) is 22.2. The highest BCUT2D eigenvalue weighted by Crippen LogP contribution is 2.23. The molecule has 0 aliphatic carbocycles. The lowest BCUT2D eigenvalue weighted by Gasteiger charge is -2.21. The fraction of sp³-hybridized carbons (Fsp3) is 0.462. The molecule has 2 rings (SSSR count). The van der Waals surface area contributed by atoms with Crippen LogP contribution < -0.4 is 10.6 Å². The summed E-state index contributed by atoms with van der Waals surface area (Å²) in [5.41, 5.74) is 5.89. The smallest absolute Gasteiger partial charge is 0.267 e. The van der Waals surface area contributed by atoms with E-state index in [0.29, 0.717) is 5.69 Å². The molecule has 0 spiro atoms. The van der Waals surface area contributed by atoms with Gasteiger partial charge in [0.25, 0.3) is 11.8 Å². The molecule has 2 unspecified atom stereocenters. The van der Waals surface area contributed by atoms with Gasteiger partial charge in [0.2, 0.25) is 0 Å². The number of nitrogens with two attached hydrogens (primary N) is 1. The van der Waals surface area contributed by atoms with E-state index in [0.717, 1.165) is 12.8 Å². The van der Waals surface area contributed by atoms with Crippen molar-refractivity contribution >= 4 is 17.5 Å². The molecule has 2 N–H and O–H groups in total. The van der Waals surface area contributed by atoms with Crippen molar-refractivity contribution in [1.82, 2.24) is 4.98 Å². The summed E-state index contributed by atoms with van der Waals surface area (Å²) in [5, 5.41) is 0. The Balaban J connectivity index is 2.14. The minimum Gasteiger partial charge on any atom is -0.365 e. The molecule has 6 nitrogen and oxygen atoms in total. The molecule has 1 saturated heterocycles. The average Bonchev–Trinajstić information content (AvgIpc) is 2.84. The molecule has 6 heteroatoms. The fourth-order valence-electron chi connectivity index (χ4n) is 2.09. The third-order valence-corrected chi connectivity index (χ3v) is 3.22. The Hall–Kier alpha value is -1.95. The molecule has 2 heterocycles. The van der Waals surface area contributed by atoms with Crippen LogP contribution in [0, 0.1) is 0 Å². The Bertz CT molecular complexity index is 504. The van der Waals surface area contributed by atoms with Crippen molar-refractivity contribution in [3.63, 3.8) is 0 Å². The first kappa shape index (κ1) is 13.5. The summed E-state index contributed by atoms with van der Waals surface area (Å²) in [4.78, 5) is 28.6. The van der Waals surface area contributed by atoms with Crippen molar-refractivity contribution in [2.75, 3.05) is 11.9 Å². The maximum atomic E-state index is 12.2. The quantitative estimate of drug-likeness (QED) is 0.870. The van der Waals surface area contributed by atoms with Gasteiger partial charge in [-0.1, -0.05) is 0 Å². The van der Waals surface area contributed by atoms with E-state index < -0.39 is 12.0 Å². The molecule has 0 bridgehead atoms. The number of likely N-dealkylation sites (N-methyl/N-ethyl adjacent to an activating group) is 1.